The van der Waals surface area contributed by atoms with Gasteiger partial charge < -0.3 is 18.9 Å². The highest BCUT2D eigenvalue weighted by molar-refractivity contribution is 6.15. The number of carbonyl (C=O) groups excluding carboxylic acids is 4. The number of rotatable bonds is 6. The lowest BCUT2D eigenvalue weighted by molar-refractivity contribution is 0.0425. The van der Waals surface area contributed by atoms with Crippen molar-refractivity contribution in [2.75, 3.05) is 0 Å². The van der Waals surface area contributed by atoms with E-state index < -0.39 is 29.3 Å². The third-order valence-electron chi connectivity index (χ3n) is 6.82. The van der Waals surface area contributed by atoms with Crippen LogP contribution < -0.4 is 9.47 Å². The Balaban J connectivity index is 1.24. The fourth-order valence-electron chi connectivity index (χ4n) is 4.59. The van der Waals surface area contributed by atoms with Gasteiger partial charge in [-0.25, -0.2) is 19.2 Å². The first-order valence-corrected chi connectivity index (χ1v) is 12.1. The molecule has 0 aromatic heterocycles. The molecule has 192 valence electrons. The summed E-state index contributed by atoms with van der Waals surface area (Å²) in [5, 5.41) is 0. The van der Waals surface area contributed by atoms with Gasteiger partial charge >= 0.3 is 23.9 Å². The van der Waals surface area contributed by atoms with Gasteiger partial charge in [0.25, 0.3) is 0 Å². The number of hydrogen-bond acceptors (Lipinski definition) is 8. The first kappa shape index (κ1) is 24.1. The van der Waals surface area contributed by atoms with Gasteiger partial charge in [0.1, 0.15) is 23.0 Å². The Morgan fingerprint density at radius 3 is 1.31 bits per heavy atom. The predicted molar refractivity (Wildman–Crippen MR) is 138 cm³/mol. The lowest BCUT2D eigenvalue weighted by Crippen LogP contribution is -2.18. The minimum Gasteiger partial charge on any atom is -0.457 e. The third kappa shape index (κ3) is 4.31. The second-order valence-corrected chi connectivity index (χ2v) is 9.65. The average Bonchev–Trinajstić information content (AvgIpc) is 3.37. The second kappa shape index (κ2) is 8.95. The zero-order valence-electron chi connectivity index (χ0n) is 20.8. The minimum atomic E-state index is -0.689. The first-order chi connectivity index (χ1) is 18.7. The molecule has 0 saturated carbocycles. The topological polar surface area (TPSA) is 105 Å². The molecule has 0 unspecified atom stereocenters. The van der Waals surface area contributed by atoms with Crippen molar-refractivity contribution in [1.82, 2.24) is 0 Å². The summed E-state index contributed by atoms with van der Waals surface area (Å²) in [5.74, 6) is -0.765. The summed E-state index contributed by atoms with van der Waals surface area (Å²) in [4.78, 5) is 47.2. The molecule has 39 heavy (non-hydrogen) atoms. The molecule has 8 nitrogen and oxygen atoms in total. The molecule has 0 fully saturated rings. The largest absolute Gasteiger partial charge is 0.457 e. The van der Waals surface area contributed by atoms with Gasteiger partial charge in [0.2, 0.25) is 0 Å². The SMILES string of the molecule is CC(C)(c1cccc(Oc2ccc3c(c2)C(=O)OC3=O)c1)c1cccc(Oc2ccc3c(c2)C(=O)OC3=O)c1. The molecule has 0 amide bonds. The maximum Gasteiger partial charge on any atom is 0.347 e. The van der Waals surface area contributed by atoms with E-state index in [1.165, 1.54) is 24.3 Å². The Morgan fingerprint density at radius 1 is 0.487 bits per heavy atom. The van der Waals surface area contributed by atoms with E-state index in [0.717, 1.165) is 11.1 Å². The van der Waals surface area contributed by atoms with Crippen molar-refractivity contribution in [3.05, 3.63) is 118 Å². The van der Waals surface area contributed by atoms with E-state index in [4.69, 9.17) is 9.47 Å². The number of carbonyl (C=O) groups is 4. The highest BCUT2D eigenvalue weighted by atomic mass is 16.6. The number of ether oxygens (including phenoxy) is 4. The maximum absolute atomic E-state index is 11.9. The minimum absolute atomic E-state index is 0.178. The molecule has 8 heteroatoms. The van der Waals surface area contributed by atoms with Crippen molar-refractivity contribution < 1.29 is 38.1 Å². The fraction of sp³-hybridized carbons (Fsp3) is 0.0968. The highest BCUT2D eigenvalue weighted by Gasteiger charge is 2.31. The normalized spacial score (nSPS) is 14.0. The van der Waals surface area contributed by atoms with Crippen LogP contribution in [0, 0.1) is 0 Å². The van der Waals surface area contributed by atoms with Crippen molar-refractivity contribution in [1.29, 1.82) is 0 Å². The zero-order valence-corrected chi connectivity index (χ0v) is 20.8. The van der Waals surface area contributed by atoms with Crippen molar-refractivity contribution >= 4 is 23.9 Å². The van der Waals surface area contributed by atoms with Gasteiger partial charge in [-0.1, -0.05) is 38.1 Å². The third-order valence-corrected chi connectivity index (χ3v) is 6.82. The monoisotopic (exact) mass is 520 g/mol. The molecule has 0 radical (unpaired) electrons. The smallest absolute Gasteiger partial charge is 0.347 e. The average molecular weight is 520 g/mol. The molecule has 2 aliphatic heterocycles. The van der Waals surface area contributed by atoms with Gasteiger partial charge in [-0.05, 0) is 71.8 Å². The van der Waals surface area contributed by atoms with Crippen LogP contribution in [-0.4, -0.2) is 23.9 Å². The summed E-state index contributed by atoms with van der Waals surface area (Å²) < 4.78 is 21.3. The molecule has 6 rings (SSSR count). The van der Waals surface area contributed by atoms with Gasteiger partial charge in [0.05, 0.1) is 22.3 Å². The van der Waals surface area contributed by atoms with E-state index in [-0.39, 0.29) is 22.3 Å². The molecular formula is C31H20O8. The quantitative estimate of drug-likeness (QED) is 0.218. The summed E-state index contributed by atoms with van der Waals surface area (Å²) in [6.45, 7) is 4.14. The summed E-state index contributed by atoms with van der Waals surface area (Å²) in [7, 11) is 0. The van der Waals surface area contributed by atoms with Crippen LogP contribution >= 0.6 is 0 Å². The zero-order chi connectivity index (χ0) is 27.3. The van der Waals surface area contributed by atoms with Crippen molar-refractivity contribution in [2.24, 2.45) is 0 Å². The summed E-state index contributed by atoms with van der Waals surface area (Å²) in [6.07, 6.45) is 0. The van der Waals surface area contributed by atoms with Crippen molar-refractivity contribution in [2.45, 2.75) is 19.3 Å². The van der Waals surface area contributed by atoms with Gasteiger partial charge in [0.15, 0.2) is 0 Å². The standard InChI is InChI=1S/C31H20O8/c1-31(2,17-5-3-7-19(13-17)36-21-9-11-23-25(15-21)29(34)38-27(23)32)18-6-4-8-20(14-18)37-22-10-12-24-26(16-22)30(35)39-28(24)33/h3-16H,1-2H3. The predicted octanol–water partition coefficient (Wildman–Crippen LogP) is 6.22. The van der Waals surface area contributed by atoms with Crippen molar-refractivity contribution in [3.63, 3.8) is 0 Å². The van der Waals surface area contributed by atoms with E-state index in [9.17, 15) is 19.2 Å². The number of fused-ring (bicyclic) bond motifs is 2. The Labute approximate surface area is 222 Å². The lowest BCUT2D eigenvalue weighted by Gasteiger charge is -2.27. The van der Waals surface area contributed by atoms with Gasteiger partial charge in [-0.2, -0.15) is 0 Å². The summed E-state index contributed by atoms with van der Waals surface area (Å²) in [5.41, 5.74) is 2.27. The molecule has 0 bridgehead atoms. The number of benzene rings is 4. The Bertz CT molecular complexity index is 1590. The number of esters is 4. The molecule has 4 aromatic rings. The van der Waals surface area contributed by atoms with Gasteiger partial charge in [-0.15, -0.1) is 0 Å². The Morgan fingerprint density at radius 2 is 0.872 bits per heavy atom. The van der Waals surface area contributed by atoms with E-state index >= 15 is 0 Å². The molecule has 4 aromatic carbocycles. The lowest BCUT2D eigenvalue weighted by atomic mass is 9.78. The van der Waals surface area contributed by atoms with Crippen molar-refractivity contribution in [3.8, 4) is 23.0 Å². The number of cyclic esters (lactones) is 4. The van der Waals surface area contributed by atoms with E-state index in [2.05, 4.69) is 23.3 Å². The molecule has 2 aliphatic rings. The Kier molecular flexibility index (Phi) is 5.54. The maximum atomic E-state index is 11.9. The second-order valence-electron chi connectivity index (χ2n) is 9.65. The molecular weight excluding hydrogens is 500 g/mol. The van der Waals surface area contributed by atoms with Crippen LogP contribution in [0.5, 0.6) is 23.0 Å². The molecule has 0 aliphatic carbocycles. The van der Waals surface area contributed by atoms with Crippen LogP contribution in [0.15, 0.2) is 84.9 Å². The fourth-order valence-corrected chi connectivity index (χ4v) is 4.59. The highest BCUT2D eigenvalue weighted by Crippen LogP contribution is 2.37. The summed E-state index contributed by atoms with van der Waals surface area (Å²) in [6, 6.07) is 24.4. The van der Waals surface area contributed by atoms with E-state index in [1.807, 2.05) is 36.4 Å². The Hall–Kier alpha value is -5.24. The van der Waals surface area contributed by atoms with Crippen LogP contribution in [0.2, 0.25) is 0 Å². The van der Waals surface area contributed by atoms with Crippen LogP contribution in [0.3, 0.4) is 0 Å². The molecule has 0 atom stereocenters. The molecule has 0 N–H and O–H groups in total. The molecule has 0 spiro atoms. The van der Waals surface area contributed by atoms with Crippen LogP contribution in [-0.2, 0) is 14.9 Å². The first-order valence-electron chi connectivity index (χ1n) is 12.1. The van der Waals surface area contributed by atoms with Gasteiger partial charge in [0, 0.05) is 5.41 Å². The number of hydrogen-bond donors (Lipinski definition) is 0. The summed E-state index contributed by atoms with van der Waals surface area (Å²) >= 11 is 0. The van der Waals surface area contributed by atoms with Crippen LogP contribution in [0.4, 0.5) is 0 Å². The van der Waals surface area contributed by atoms with E-state index in [1.54, 1.807) is 24.3 Å². The van der Waals surface area contributed by atoms with Crippen LogP contribution in [0.25, 0.3) is 0 Å². The van der Waals surface area contributed by atoms with Gasteiger partial charge in [-0.3, -0.25) is 0 Å². The van der Waals surface area contributed by atoms with E-state index in [0.29, 0.717) is 23.0 Å². The molecule has 2 heterocycles. The molecule has 0 saturated heterocycles. The van der Waals surface area contributed by atoms with Crippen LogP contribution in [0.1, 0.15) is 66.4 Å².